The number of hydrogen-bond acceptors (Lipinski definition) is 7. The number of phenols is 2. The molecule has 31 heavy (non-hydrogen) atoms. The summed E-state index contributed by atoms with van der Waals surface area (Å²) in [6, 6.07) is 0.622. The van der Waals surface area contributed by atoms with Crippen molar-refractivity contribution in [1.29, 1.82) is 0 Å². The van der Waals surface area contributed by atoms with Crippen molar-refractivity contribution in [3.8, 4) is 17.2 Å². The Morgan fingerprint density at radius 2 is 2.03 bits per heavy atom. The number of Topliss-reactive ketones (excluding diaryl/α,β-unsaturated/α-hetero) is 1. The maximum absolute atomic E-state index is 12.6. The van der Waals surface area contributed by atoms with Crippen LogP contribution in [0.4, 0.5) is 0 Å². The molecule has 0 saturated heterocycles. The van der Waals surface area contributed by atoms with Gasteiger partial charge in [0.15, 0.2) is 11.5 Å². The zero-order valence-corrected chi connectivity index (χ0v) is 18.7. The number of carbonyl (C=O) groups is 3. The average Bonchev–Trinajstić information content (AvgIpc) is 3.03. The highest BCUT2D eigenvalue weighted by molar-refractivity contribution is 7.80. The van der Waals surface area contributed by atoms with Crippen molar-refractivity contribution in [1.82, 2.24) is 5.32 Å². The number of ketones is 1. The van der Waals surface area contributed by atoms with Crippen molar-refractivity contribution in [2.24, 2.45) is 17.3 Å². The van der Waals surface area contributed by atoms with Crippen LogP contribution in [0.25, 0.3) is 0 Å². The van der Waals surface area contributed by atoms with Crippen molar-refractivity contribution < 1.29 is 29.3 Å². The summed E-state index contributed by atoms with van der Waals surface area (Å²) in [5.41, 5.74) is 1.35. The fourth-order valence-corrected chi connectivity index (χ4v) is 6.39. The second kappa shape index (κ2) is 8.04. The molecule has 3 aliphatic carbocycles. The van der Waals surface area contributed by atoms with Crippen LogP contribution >= 0.6 is 12.6 Å². The second-order valence-electron chi connectivity index (χ2n) is 9.33. The van der Waals surface area contributed by atoms with Crippen LogP contribution in [-0.4, -0.2) is 39.7 Å². The molecule has 1 amide bonds. The van der Waals surface area contributed by atoms with Crippen molar-refractivity contribution in [3.63, 3.8) is 0 Å². The first-order valence-electron chi connectivity index (χ1n) is 10.9. The Kier molecular flexibility index (Phi) is 5.70. The Balaban J connectivity index is 1.67. The van der Waals surface area contributed by atoms with Crippen molar-refractivity contribution in [3.05, 3.63) is 17.2 Å². The first kappa shape index (κ1) is 22.0. The number of nitrogens with one attached hydrogen (secondary N) is 1. The Labute approximate surface area is 187 Å². The van der Waals surface area contributed by atoms with E-state index in [0.29, 0.717) is 30.5 Å². The number of fused-ring (bicyclic) bond motifs is 5. The Morgan fingerprint density at radius 3 is 2.71 bits per heavy atom. The van der Waals surface area contributed by atoms with Crippen LogP contribution in [0.15, 0.2) is 6.07 Å². The lowest BCUT2D eigenvalue weighted by atomic mass is 9.55. The molecule has 2 saturated carbocycles. The summed E-state index contributed by atoms with van der Waals surface area (Å²) in [5, 5.41) is 23.4. The third-order valence-corrected chi connectivity index (χ3v) is 8.06. The van der Waals surface area contributed by atoms with E-state index in [0.717, 1.165) is 36.8 Å². The van der Waals surface area contributed by atoms with Gasteiger partial charge in [-0.3, -0.25) is 9.59 Å². The number of phenolic OH excluding ortho intramolecular Hbond substituents is 2. The fraction of sp³-hybridized carbons (Fsp3) is 0.609. The summed E-state index contributed by atoms with van der Waals surface area (Å²) in [7, 11) is 0. The second-order valence-corrected chi connectivity index (χ2v) is 9.70. The van der Waals surface area contributed by atoms with Crippen LogP contribution in [0.1, 0.15) is 63.0 Å². The molecule has 3 aliphatic rings. The maximum atomic E-state index is 12.6. The quantitative estimate of drug-likeness (QED) is 0.244. The predicted octanol–water partition coefficient (Wildman–Crippen LogP) is 2.86. The molecule has 3 N–H and O–H groups in total. The third-order valence-electron chi connectivity index (χ3n) is 7.69. The Hall–Kier alpha value is -2.22. The van der Waals surface area contributed by atoms with Crippen LogP contribution in [0, 0.1) is 17.3 Å². The number of ether oxygens (including phenoxy) is 1. The third kappa shape index (κ3) is 3.58. The highest BCUT2D eigenvalue weighted by Crippen LogP contribution is 2.61. The molecule has 8 heteroatoms. The molecule has 0 bridgehead atoms. The van der Waals surface area contributed by atoms with E-state index in [9.17, 15) is 24.6 Å². The van der Waals surface area contributed by atoms with Gasteiger partial charge in [-0.25, -0.2) is 4.79 Å². The van der Waals surface area contributed by atoms with E-state index in [-0.39, 0.29) is 28.6 Å². The fourth-order valence-electron chi connectivity index (χ4n) is 6.15. The van der Waals surface area contributed by atoms with Gasteiger partial charge in [0, 0.05) is 30.1 Å². The summed E-state index contributed by atoms with van der Waals surface area (Å²) in [6.07, 6.45) is 4.58. The van der Waals surface area contributed by atoms with Crippen molar-refractivity contribution in [2.45, 2.75) is 64.3 Å². The highest BCUT2D eigenvalue weighted by Gasteiger charge is 2.55. The summed E-state index contributed by atoms with van der Waals surface area (Å²) in [6.45, 7) is 3.39. The minimum atomic E-state index is -0.963. The lowest BCUT2D eigenvalue weighted by Gasteiger charge is -2.48. The molecule has 1 aromatic rings. The van der Waals surface area contributed by atoms with Crippen LogP contribution in [0.5, 0.6) is 17.2 Å². The minimum Gasteiger partial charge on any atom is -0.504 e. The van der Waals surface area contributed by atoms with Gasteiger partial charge < -0.3 is 20.3 Å². The zero-order valence-electron chi connectivity index (χ0n) is 17.8. The molecule has 1 aromatic carbocycles. The van der Waals surface area contributed by atoms with E-state index in [1.807, 2.05) is 0 Å². The first-order chi connectivity index (χ1) is 14.7. The topological polar surface area (TPSA) is 113 Å². The van der Waals surface area contributed by atoms with E-state index < -0.39 is 23.7 Å². The zero-order chi connectivity index (χ0) is 22.5. The summed E-state index contributed by atoms with van der Waals surface area (Å²) in [5.74, 6) is -0.774. The first-order valence-corrected chi connectivity index (χ1v) is 11.5. The number of esters is 1. The van der Waals surface area contributed by atoms with Gasteiger partial charge in [0.25, 0.3) is 0 Å². The smallest absolute Gasteiger partial charge is 0.335 e. The normalized spacial score (nSPS) is 30.0. The lowest BCUT2D eigenvalue weighted by molar-refractivity contribution is -0.138. The predicted molar refractivity (Wildman–Crippen MR) is 116 cm³/mol. The number of benzene rings is 1. The standard InChI is InChI=1S/C23H29NO6S/c1-11(25)24-17(10-31)22(29)30-21-14-4-3-13-12(15(14)9-18(26)20(21)28)7-8-23(2)16(13)5-6-19(23)27/h9,12-13,16-17,26,28,31H,3-8,10H2,1-2H3,(H,24,25)/t12?,13?,16?,17-,23-/m0/s1. The molecule has 4 rings (SSSR count). The molecule has 0 aliphatic heterocycles. The molecule has 0 radical (unpaired) electrons. The molecule has 0 spiro atoms. The summed E-state index contributed by atoms with van der Waals surface area (Å²) >= 11 is 4.10. The van der Waals surface area contributed by atoms with Crippen LogP contribution in [0.3, 0.4) is 0 Å². The number of hydrogen-bond donors (Lipinski definition) is 4. The molecule has 0 aromatic heterocycles. The van der Waals surface area contributed by atoms with E-state index in [2.05, 4.69) is 24.9 Å². The van der Waals surface area contributed by atoms with Gasteiger partial charge in [-0.05, 0) is 61.5 Å². The van der Waals surface area contributed by atoms with E-state index in [1.165, 1.54) is 6.92 Å². The molecule has 3 unspecified atom stereocenters. The van der Waals surface area contributed by atoms with Gasteiger partial charge in [-0.2, -0.15) is 12.6 Å². The Morgan fingerprint density at radius 1 is 1.29 bits per heavy atom. The average molecular weight is 448 g/mol. The van der Waals surface area contributed by atoms with Gasteiger partial charge in [0.2, 0.25) is 11.7 Å². The van der Waals surface area contributed by atoms with E-state index >= 15 is 0 Å². The van der Waals surface area contributed by atoms with Gasteiger partial charge in [0.1, 0.15) is 11.8 Å². The maximum Gasteiger partial charge on any atom is 0.335 e. The summed E-state index contributed by atoms with van der Waals surface area (Å²) < 4.78 is 5.51. The van der Waals surface area contributed by atoms with Crippen LogP contribution in [-0.2, 0) is 20.8 Å². The number of thiol groups is 1. The summed E-state index contributed by atoms with van der Waals surface area (Å²) in [4.78, 5) is 36.5. The number of aromatic hydroxyl groups is 2. The molecule has 7 nitrogen and oxygen atoms in total. The minimum absolute atomic E-state index is 0.0357. The van der Waals surface area contributed by atoms with Crippen molar-refractivity contribution >= 4 is 30.3 Å². The van der Waals surface area contributed by atoms with E-state index in [4.69, 9.17) is 4.74 Å². The van der Waals surface area contributed by atoms with Gasteiger partial charge in [-0.1, -0.05) is 6.92 Å². The monoisotopic (exact) mass is 447 g/mol. The lowest BCUT2D eigenvalue weighted by Crippen LogP contribution is -2.44. The Bertz CT molecular complexity index is 946. The largest absolute Gasteiger partial charge is 0.504 e. The number of carbonyl (C=O) groups excluding carboxylic acids is 3. The van der Waals surface area contributed by atoms with Gasteiger partial charge in [0.05, 0.1) is 0 Å². The molecular weight excluding hydrogens is 418 g/mol. The SMILES string of the molecule is CC(=O)N[C@@H](CS)C(=O)Oc1c(O)c(O)cc2c1CCC1C2CC[C@]2(C)C(=O)CCC12. The number of rotatable bonds is 4. The molecule has 0 heterocycles. The van der Waals surface area contributed by atoms with Crippen LogP contribution < -0.4 is 10.1 Å². The molecule has 168 valence electrons. The highest BCUT2D eigenvalue weighted by atomic mass is 32.1. The molecular formula is C23H29NO6S. The van der Waals surface area contributed by atoms with Crippen molar-refractivity contribution in [2.75, 3.05) is 5.75 Å². The van der Waals surface area contributed by atoms with Crippen LogP contribution in [0.2, 0.25) is 0 Å². The van der Waals surface area contributed by atoms with E-state index in [1.54, 1.807) is 6.07 Å². The van der Waals surface area contributed by atoms with Gasteiger partial charge >= 0.3 is 5.97 Å². The molecule has 5 atom stereocenters. The van der Waals surface area contributed by atoms with Gasteiger partial charge in [-0.15, -0.1) is 0 Å². The molecule has 2 fully saturated rings. The number of amides is 1.